The van der Waals surface area contributed by atoms with Crippen molar-refractivity contribution in [2.45, 2.75) is 26.4 Å². The van der Waals surface area contributed by atoms with E-state index in [1.807, 2.05) is 6.92 Å². The number of aromatic nitrogens is 1. The number of halogens is 1. The standard InChI is InChI=1S/C18H22FN3O3/c1-12(11-23)13(2)20-18(25)21-16-4-3-9-22(17(16)24)10-14-5-7-15(19)8-6-14/h3-9,12-13,23H,10-11H2,1-2H3,(H2,20,21,25). The normalized spacial score (nSPS) is 13.1. The predicted molar refractivity (Wildman–Crippen MR) is 94.1 cm³/mol. The molecule has 0 bridgehead atoms. The highest BCUT2D eigenvalue weighted by Gasteiger charge is 2.15. The Kier molecular flexibility index (Phi) is 6.30. The maximum absolute atomic E-state index is 13.0. The second-order valence-electron chi connectivity index (χ2n) is 6.03. The van der Waals surface area contributed by atoms with E-state index in [4.69, 9.17) is 5.11 Å². The van der Waals surface area contributed by atoms with E-state index in [1.54, 1.807) is 31.3 Å². The number of aliphatic hydroxyl groups excluding tert-OH is 1. The van der Waals surface area contributed by atoms with Crippen LogP contribution in [0, 0.1) is 11.7 Å². The summed E-state index contributed by atoms with van der Waals surface area (Å²) >= 11 is 0. The zero-order valence-corrected chi connectivity index (χ0v) is 14.2. The molecule has 0 fully saturated rings. The van der Waals surface area contributed by atoms with Gasteiger partial charge in [0.2, 0.25) is 0 Å². The number of carbonyl (C=O) groups excluding carboxylic acids is 1. The lowest BCUT2D eigenvalue weighted by Gasteiger charge is -2.19. The molecule has 25 heavy (non-hydrogen) atoms. The fraction of sp³-hybridized carbons (Fsp3) is 0.333. The van der Waals surface area contributed by atoms with Gasteiger partial charge in [0.1, 0.15) is 11.5 Å². The summed E-state index contributed by atoms with van der Waals surface area (Å²) in [6.07, 6.45) is 1.60. The van der Waals surface area contributed by atoms with Crippen LogP contribution in [-0.4, -0.2) is 28.4 Å². The van der Waals surface area contributed by atoms with E-state index in [-0.39, 0.29) is 42.2 Å². The summed E-state index contributed by atoms with van der Waals surface area (Å²) in [7, 11) is 0. The molecule has 0 aliphatic heterocycles. The van der Waals surface area contributed by atoms with Crippen molar-refractivity contribution in [2.24, 2.45) is 5.92 Å². The van der Waals surface area contributed by atoms with E-state index in [0.29, 0.717) is 0 Å². The fourth-order valence-corrected chi connectivity index (χ4v) is 2.21. The zero-order valence-electron chi connectivity index (χ0n) is 14.2. The molecule has 7 heteroatoms. The van der Waals surface area contributed by atoms with E-state index in [0.717, 1.165) is 5.56 Å². The lowest BCUT2D eigenvalue weighted by Crippen LogP contribution is -2.41. The number of pyridine rings is 1. The number of carbonyl (C=O) groups is 1. The third-order valence-electron chi connectivity index (χ3n) is 4.03. The molecular formula is C18H22FN3O3. The molecule has 0 spiro atoms. The molecule has 0 aliphatic rings. The lowest BCUT2D eigenvalue weighted by molar-refractivity contribution is 0.204. The molecule has 0 radical (unpaired) electrons. The van der Waals surface area contributed by atoms with Crippen LogP contribution in [0.3, 0.4) is 0 Å². The number of rotatable bonds is 6. The van der Waals surface area contributed by atoms with E-state index in [1.165, 1.54) is 22.8 Å². The smallest absolute Gasteiger partial charge is 0.319 e. The van der Waals surface area contributed by atoms with Gasteiger partial charge < -0.3 is 20.3 Å². The molecule has 1 aromatic carbocycles. The number of aliphatic hydroxyl groups is 1. The molecule has 0 saturated heterocycles. The summed E-state index contributed by atoms with van der Waals surface area (Å²) in [5.74, 6) is -0.439. The number of hydrogen-bond donors (Lipinski definition) is 3. The lowest BCUT2D eigenvalue weighted by atomic mass is 10.1. The van der Waals surface area contributed by atoms with Crippen LogP contribution in [0.25, 0.3) is 0 Å². The average Bonchev–Trinajstić information content (AvgIpc) is 2.59. The van der Waals surface area contributed by atoms with Crippen molar-refractivity contribution >= 4 is 11.7 Å². The largest absolute Gasteiger partial charge is 0.396 e. The van der Waals surface area contributed by atoms with Crippen LogP contribution < -0.4 is 16.2 Å². The van der Waals surface area contributed by atoms with Crippen molar-refractivity contribution in [1.29, 1.82) is 0 Å². The van der Waals surface area contributed by atoms with Crippen LogP contribution in [0.1, 0.15) is 19.4 Å². The van der Waals surface area contributed by atoms with Crippen molar-refractivity contribution in [3.05, 3.63) is 64.3 Å². The van der Waals surface area contributed by atoms with E-state index in [9.17, 15) is 14.0 Å². The first-order valence-corrected chi connectivity index (χ1v) is 8.03. The number of urea groups is 1. The van der Waals surface area contributed by atoms with Gasteiger partial charge in [-0.1, -0.05) is 19.1 Å². The summed E-state index contributed by atoms with van der Waals surface area (Å²) in [5.41, 5.74) is 0.561. The van der Waals surface area contributed by atoms with Gasteiger partial charge in [0.05, 0.1) is 6.54 Å². The molecule has 2 unspecified atom stereocenters. The van der Waals surface area contributed by atoms with Gasteiger partial charge in [-0.25, -0.2) is 9.18 Å². The first-order chi connectivity index (χ1) is 11.9. The van der Waals surface area contributed by atoms with Gasteiger partial charge >= 0.3 is 6.03 Å². The van der Waals surface area contributed by atoms with Crippen LogP contribution in [0.4, 0.5) is 14.9 Å². The maximum Gasteiger partial charge on any atom is 0.319 e. The fourth-order valence-electron chi connectivity index (χ4n) is 2.21. The van der Waals surface area contributed by atoms with Crippen LogP contribution >= 0.6 is 0 Å². The molecular weight excluding hydrogens is 325 g/mol. The van der Waals surface area contributed by atoms with Crippen molar-refractivity contribution in [3.8, 4) is 0 Å². The number of nitrogens with one attached hydrogen (secondary N) is 2. The Bertz CT molecular complexity index is 774. The Labute approximate surface area is 145 Å². The van der Waals surface area contributed by atoms with Gasteiger partial charge in [-0.2, -0.15) is 0 Å². The maximum atomic E-state index is 13.0. The molecule has 2 atom stereocenters. The number of amides is 2. The second kappa shape index (κ2) is 8.43. The number of anilines is 1. The summed E-state index contributed by atoms with van der Waals surface area (Å²) in [5, 5.41) is 14.3. The Balaban J connectivity index is 2.08. The second-order valence-corrected chi connectivity index (χ2v) is 6.03. The first kappa shape index (κ1) is 18.7. The highest BCUT2D eigenvalue weighted by molar-refractivity contribution is 5.89. The minimum Gasteiger partial charge on any atom is -0.396 e. The van der Waals surface area contributed by atoms with Crippen LogP contribution in [0.5, 0.6) is 0 Å². The molecule has 0 aliphatic carbocycles. The third kappa shape index (κ3) is 5.15. The van der Waals surface area contributed by atoms with Gasteiger partial charge in [-0.3, -0.25) is 4.79 Å². The monoisotopic (exact) mass is 347 g/mol. The molecule has 134 valence electrons. The molecule has 2 rings (SSSR count). The average molecular weight is 347 g/mol. The summed E-state index contributed by atoms with van der Waals surface area (Å²) in [4.78, 5) is 24.5. The van der Waals surface area contributed by atoms with Crippen LogP contribution in [0.15, 0.2) is 47.4 Å². The molecule has 0 saturated carbocycles. The Morgan fingerprint density at radius 3 is 2.56 bits per heavy atom. The van der Waals surface area contributed by atoms with Crippen LogP contribution in [0.2, 0.25) is 0 Å². The van der Waals surface area contributed by atoms with Gasteiger partial charge in [0.25, 0.3) is 5.56 Å². The molecule has 1 aromatic heterocycles. The number of hydrogen-bond acceptors (Lipinski definition) is 3. The molecule has 3 N–H and O–H groups in total. The van der Waals surface area contributed by atoms with E-state index in [2.05, 4.69) is 10.6 Å². The van der Waals surface area contributed by atoms with Gasteiger partial charge in [0, 0.05) is 18.8 Å². The van der Waals surface area contributed by atoms with Gasteiger partial charge in [-0.05, 0) is 42.7 Å². The summed E-state index contributed by atoms with van der Waals surface area (Å²) in [6, 6.07) is 8.29. The SMILES string of the molecule is CC(CO)C(C)NC(=O)Nc1cccn(Cc2ccc(F)cc2)c1=O. The van der Waals surface area contributed by atoms with Gasteiger partial charge in [-0.15, -0.1) is 0 Å². The van der Waals surface area contributed by atoms with Gasteiger partial charge in [0.15, 0.2) is 0 Å². The van der Waals surface area contributed by atoms with E-state index < -0.39 is 6.03 Å². The number of nitrogens with zero attached hydrogens (tertiary/aromatic N) is 1. The zero-order chi connectivity index (χ0) is 18.4. The predicted octanol–water partition coefficient (Wildman–Crippen LogP) is 2.17. The molecule has 2 amide bonds. The van der Waals surface area contributed by atoms with Crippen LogP contribution in [-0.2, 0) is 6.54 Å². The quantitative estimate of drug-likeness (QED) is 0.749. The molecule has 2 aromatic rings. The highest BCUT2D eigenvalue weighted by atomic mass is 19.1. The summed E-state index contributed by atoms with van der Waals surface area (Å²) < 4.78 is 14.4. The minimum atomic E-state index is -0.510. The van der Waals surface area contributed by atoms with Crippen molar-refractivity contribution in [1.82, 2.24) is 9.88 Å². The minimum absolute atomic E-state index is 0.0444. The Hall–Kier alpha value is -2.67. The molecule has 1 heterocycles. The van der Waals surface area contributed by atoms with E-state index >= 15 is 0 Å². The topological polar surface area (TPSA) is 83.4 Å². The summed E-state index contributed by atoms with van der Waals surface area (Å²) in [6.45, 7) is 3.81. The van der Waals surface area contributed by atoms with Crippen molar-refractivity contribution in [2.75, 3.05) is 11.9 Å². The number of benzene rings is 1. The third-order valence-corrected chi connectivity index (χ3v) is 4.03. The van der Waals surface area contributed by atoms with Crippen molar-refractivity contribution < 1.29 is 14.3 Å². The Morgan fingerprint density at radius 1 is 1.24 bits per heavy atom. The van der Waals surface area contributed by atoms with Crippen molar-refractivity contribution in [3.63, 3.8) is 0 Å². The highest BCUT2D eigenvalue weighted by Crippen LogP contribution is 2.06. The Morgan fingerprint density at radius 2 is 1.92 bits per heavy atom. The first-order valence-electron chi connectivity index (χ1n) is 8.03. The molecule has 6 nitrogen and oxygen atoms in total.